The first-order valence-corrected chi connectivity index (χ1v) is 14.9. The van der Waals surface area contributed by atoms with Gasteiger partial charge in [-0.3, -0.25) is 9.59 Å². The Labute approximate surface area is 223 Å². The Kier molecular flexibility index (Phi) is 6.30. The maximum absolute atomic E-state index is 12.8. The van der Waals surface area contributed by atoms with E-state index in [9.17, 15) is 19.8 Å². The Bertz CT molecular complexity index is 990. The summed E-state index contributed by atoms with van der Waals surface area (Å²) in [5.41, 5.74) is 0.435. The van der Waals surface area contributed by atoms with Gasteiger partial charge in [-0.2, -0.15) is 0 Å². The number of aliphatic carboxylic acids is 1. The SMILES string of the molecule is C=C(C)C1CCC2(C(=O)O)CCC3(C)C(CCC4C5(C)CCC(OC(C)=O)C(C)(CO)C5CCC43C)C12. The number of ether oxygens (including phenoxy) is 1. The van der Waals surface area contributed by atoms with E-state index in [-0.39, 0.29) is 40.8 Å². The molecule has 5 rings (SSSR count). The highest BCUT2D eigenvalue weighted by atomic mass is 16.5. The van der Waals surface area contributed by atoms with Gasteiger partial charge in [0.25, 0.3) is 0 Å². The van der Waals surface area contributed by atoms with Crippen LogP contribution < -0.4 is 0 Å². The monoisotopic (exact) mass is 514 g/mol. The molecule has 37 heavy (non-hydrogen) atoms. The fourth-order valence-corrected chi connectivity index (χ4v) is 11.9. The third-order valence-electron chi connectivity index (χ3n) is 13.9. The number of carboxylic acid groups (broad SMARTS) is 1. The van der Waals surface area contributed by atoms with Crippen LogP contribution in [0.2, 0.25) is 0 Å². The molecule has 5 heteroatoms. The number of esters is 1. The van der Waals surface area contributed by atoms with Crippen molar-refractivity contribution in [2.45, 2.75) is 112 Å². The van der Waals surface area contributed by atoms with Crippen LogP contribution in [-0.2, 0) is 14.3 Å². The number of hydrogen-bond acceptors (Lipinski definition) is 4. The summed E-state index contributed by atoms with van der Waals surface area (Å²) < 4.78 is 5.81. The highest BCUT2D eigenvalue weighted by Gasteiger charge is 2.72. The van der Waals surface area contributed by atoms with Crippen LogP contribution in [0.5, 0.6) is 0 Å². The van der Waals surface area contributed by atoms with E-state index in [1.165, 1.54) is 12.5 Å². The number of carbonyl (C=O) groups excluding carboxylic acids is 1. The zero-order valence-electron chi connectivity index (χ0n) is 24.1. The molecule has 11 atom stereocenters. The van der Waals surface area contributed by atoms with Crippen molar-refractivity contribution in [1.29, 1.82) is 0 Å². The second-order valence-electron chi connectivity index (χ2n) is 14.9. The van der Waals surface area contributed by atoms with Gasteiger partial charge in [0.15, 0.2) is 0 Å². The Hall–Kier alpha value is -1.36. The van der Waals surface area contributed by atoms with Crippen molar-refractivity contribution in [3.63, 3.8) is 0 Å². The van der Waals surface area contributed by atoms with Gasteiger partial charge in [0.1, 0.15) is 6.10 Å². The van der Waals surface area contributed by atoms with Gasteiger partial charge in [-0.25, -0.2) is 0 Å². The third-order valence-corrected chi connectivity index (χ3v) is 13.9. The van der Waals surface area contributed by atoms with Gasteiger partial charge in [-0.15, -0.1) is 0 Å². The van der Waals surface area contributed by atoms with Gasteiger partial charge in [-0.05, 0) is 117 Å². The number of allylic oxidation sites excluding steroid dienone is 1. The van der Waals surface area contributed by atoms with Gasteiger partial charge < -0.3 is 14.9 Å². The molecular formula is C32H50O5. The molecule has 5 saturated carbocycles. The van der Waals surface area contributed by atoms with Gasteiger partial charge >= 0.3 is 11.9 Å². The summed E-state index contributed by atoms with van der Waals surface area (Å²) in [5, 5.41) is 21.2. The van der Waals surface area contributed by atoms with Crippen molar-refractivity contribution in [3.8, 4) is 0 Å². The lowest BCUT2D eigenvalue weighted by Gasteiger charge is -2.72. The lowest BCUT2D eigenvalue weighted by Crippen LogP contribution is -2.68. The van der Waals surface area contributed by atoms with Crippen LogP contribution >= 0.6 is 0 Å². The van der Waals surface area contributed by atoms with E-state index in [1.54, 1.807) is 0 Å². The largest absolute Gasteiger partial charge is 0.481 e. The Morgan fingerprint density at radius 3 is 2.16 bits per heavy atom. The zero-order chi connectivity index (χ0) is 27.2. The summed E-state index contributed by atoms with van der Waals surface area (Å²) in [4.78, 5) is 24.8. The normalized spacial score (nSPS) is 52.7. The van der Waals surface area contributed by atoms with Gasteiger partial charge in [0.2, 0.25) is 0 Å². The first kappa shape index (κ1) is 27.2. The molecule has 0 aliphatic heterocycles. The van der Waals surface area contributed by atoms with Crippen LogP contribution in [0.3, 0.4) is 0 Å². The Balaban J connectivity index is 1.53. The molecule has 0 spiro atoms. The van der Waals surface area contributed by atoms with Crippen molar-refractivity contribution in [2.24, 2.45) is 56.7 Å². The van der Waals surface area contributed by atoms with Crippen molar-refractivity contribution in [1.82, 2.24) is 0 Å². The fourth-order valence-electron chi connectivity index (χ4n) is 11.9. The molecule has 11 unspecified atom stereocenters. The van der Waals surface area contributed by atoms with Gasteiger partial charge in [-0.1, -0.05) is 39.8 Å². The second-order valence-corrected chi connectivity index (χ2v) is 14.9. The molecule has 0 amide bonds. The van der Waals surface area contributed by atoms with Crippen LogP contribution in [0.25, 0.3) is 0 Å². The quantitative estimate of drug-likeness (QED) is 0.325. The molecule has 0 heterocycles. The van der Waals surface area contributed by atoms with Crippen molar-refractivity contribution >= 4 is 11.9 Å². The second kappa shape index (κ2) is 8.57. The first-order valence-electron chi connectivity index (χ1n) is 14.9. The van der Waals surface area contributed by atoms with Gasteiger partial charge in [0, 0.05) is 12.3 Å². The van der Waals surface area contributed by atoms with E-state index >= 15 is 0 Å². The molecule has 208 valence electrons. The van der Waals surface area contributed by atoms with Crippen LogP contribution in [0, 0.1) is 56.7 Å². The molecule has 0 radical (unpaired) electrons. The molecule has 5 aliphatic rings. The lowest BCUT2D eigenvalue weighted by molar-refractivity contribution is -0.256. The number of aliphatic hydroxyl groups is 1. The summed E-state index contributed by atoms with van der Waals surface area (Å²) in [6.45, 7) is 17.7. The predicted molar refractivity (Wildman–Crippen MR) is 144 cm³/mol. The average molecular weight is 515 g/mol. The molecule has 5 fully saturated rings. The molecule has 0 aromatic rings. The standard InChI is InChI=1S/C32H50O5/c1-19(2)21-10-15-32(27(35)36)17-16-30(6)22(26(21)32)8-9-24-28(4)13-12-25(37-20(3)34)29(5,18-33)23(28)11-14-31(24,30)7/h21-26,33H,1,8-18H2,2-7H3,(H,35,36). The van der Waals surface area contributed by atoms with Crippen LogP contribution in [0.4, 0.5) is 0 Å². The Morgan fingerprint density at radius 1 is 0.865 bits per heavy atom. The van der Waals surface area contributed by atoms with E-state index in [4.69, 9.17) is 4.74 Å². The van der Waals surface area contributed by atoms with E-state index in [1.807, 2.05) is 0 Å². The zero-order valence-corrected chi connectivity index (χ0v) is 24.1. The van der Waals surface area contributed by atoms with E-state index in [0.717, 1.165) is 64.2 Å². The molecule has 0 aromatic heterocycles. The third kappa shape index (κ3) is 3.37. The molecule has 5 aliphatic carbocycles. The number of carbonyl (C=O) groups is 2. The lowest BCUT2D eigenvalue weighted by atomic mass is 9.32. The summed E-state index contributed by atoms with van der Waals surface area (Å²) in [7, 11) is 0. The topological polar surface area (TPSA) is 83.8 Å². The maximum Gasteiger partial charge on any atom is 0.309 e. The first-order chi connectivity index (χ1) is 17.2. The highest BCUT2D eigenvalue weighted by Crippen LogP contribution is 2.77. The number of aliphatic hydroxyl groups excluding tert-OH is 1. The molecule has 5 nitrogen and oxygen atoms in total. The van der Waals surface area contributed by atoms with E-state index < -0.39 is 16.8 Å². The van der Waals surface area contributed by atoms with Gasteiger partial charge in [0.05, 0.1) is 12.0 Å². The molecular weight excluding hydrogens is 464 g/mol. The molecule has 0 aromatic carbocycles. The summed E-state index contributed by atoms with van der Waals surface area (Å²) in [6, 6.07) is 0. The van der Waals surface area contributed by atoms with Crippen LogP contribution in [-0.4, -0.2) is 34.9 Å². The van der Waals surface area contributed by atoms with Crippen LogP contribution in [0.1, 0.15) is 106 Å². The number of rotatable bonds is 4. The minimum absolute atomic E-state index is 0.0397. The van der Waals surface area contributed by atoms with E-state index in [0.29, 0.717) is 23.7 Å². The van der Waals surface area contributed by atoms with Crippen LogP contribution in [0.15, 0.2) is 12.2 Å². The fraction of sp³-hybridized carbons (Fsp3) is 0.875. The number of hydrogen-bond donors (Lipinski definition) is 2. The summed E-state index contributed by atoms with van der Waals surface area (Å²) in [5.74, 6) is 0.897. The van der Waals surface area contributed by atoms with E-state index in [2.05, 4.69) is 41.2 Å². The minimum atomic E-state index is -0.588. The van der Waals surface area contributed by atoms with Crippen molar-refractivity contribution in [3.05, 3.63) is 12.2 Å². The number of fused-ring (bicyclic) bond motifs is 7. The molecule has 0 saturated heterocycles. The highest BCUT2D eigenvalue weighted by molar-refractivity contribution is 5.76. The Morgan fingerprint density at radius 2 is 1.57 bits per heavy atom. The average Bonchev–Trinajstić information content (AvgIpc) is 3.23. The molecule has 2 N–H and O–H groups in total. The smallest absolute Gasteiger partial charge is 0.309 e. The predicted octanol–water partition coefficient (Wildman–Crippen LogP) is 6.63. The van der Waals surface area contributed by atoms with Crippen molar-refractivity contribution < 1.29 is 24.5 Å². The minimum Gasteiger partial charge on any atom is -0.481 e. The summed E-state index contributed by atoms with van der Waals surface area (Å²) >= 11 is 0. The number of carboxylic acids is 1. The summed E-state index contributed by atoms with van der Waals surface area (Å²) in [6.07, 6.45) is 9.46. The molecule has 0 bridgehead atoms. The van der Waals surface area contributed by atoms with Crippen molar-refractivity contribution in [2.75, 3.05) is 6.61 Å². The maximum atomic E-state index is 12.8.